The zero-order chi connectivity index (χ0) is 11.7. The van der Waals surface area contributed by atoms with Crippen molar-refractivity contribution in [2.24, 2.45) is 5.92 Å². The van der Waals surface area contributed by atoms with Crippen molar-refractivity contribution in [2.45, 2.75) is 32.2 Å². The third-order valence-electron chi connectivity index (χ3n) is 3.05. The Kier molecular flexibility index (Phi) is 3.33. The molecule has 16 heavy (non-hydrogen) atoms. The van der Waals surface area contributed by atoms with E-state index in [2.05, 4.69) is 12.2 Å². The average Bonchev–Trinajstić information content (AvgIpc) is 2.58. The van der Waals surface area contributed by atoms with Crippen molar-refractivity contribution in [3.63, 3.8) is 0 Å². The monoisotopic (exact) mass is 245 g/mol. The molecule has 0 heterocycles. The first kappa shape index (κ1) is 11.6. The molecule has 1 aromatic carbocycles. The average molecular weight is 246 g/mol. The fraction of sp³-hybridized carbons (Fsp3) is 0.500. The number of hydrogen-bond acceptors (Lipinski definition) is 1. The molecule has 1 aliphatic carbocycles. The van der Waals surface area contributed by atoms with E-state index in [9.17, 15) is 8.78 Å². The number of benzene rings is 1. The van der Waals surface area contributed by atoms with Crippen molar-refractivity contribution in [1.29, 1.82) is 0 Å². The fourth-order valence-electron chi connectivity index (χ4n) is 2.22. The predicted octanol–water partition coefficient (Wildman–Crippen LogP) is 4.22. The van der Waals surface area contributed by atoms with Crippen molar-refractivity contribution in [3.8, 4) is 0 Å². The lowest BCUT2D eigenvalue weighted by Gasteiger charge is -2.16. The SMILES string of the molecule is CC1CCC(Nc2c(F)cc(F)cc2Cl)C1. The molecule has 0 saturated heterocycles. The van der Waals surface area contributed by atoms with E-state index >= 15 is 0 Å². The van der Waals surface area contributed by atoms with Crippen LogP contribution in [0.5, 0.6) is 0 Å². The number of anilines is 1. The molecule has 0 aliphatic heterocycles. The summed E-state index contributed by atoms with van der Waals surface area (Å²) in [4.78, 5) is 0. The molecule has 2 unspecified atom stereocenters. The van der Waals surface area contributed by atoms with Gasteiger partial charge in [-0.15, -0.1) is 0 Å². The van der Waals surface area contributed by atoms with Crippen LogP contribution in [0.4, 0.5) is 14.5 Å². The van der Waals surface area contributed by atoms with Crippen molar-refractivity contribution in [1.82, 2.24) is 0 Å². The first-order valence-corrected chi connectivity index (χ1v) is 5.85. The molecule has 1 aliphatic rings. The third-order valence-corrected chi connectivity index (χ3v) is 3.35. The van der Waals surface area contributed by atoms with E-state index in [1.807, 2.05) is 0 Å². The highest BCUT2D eigenvalue weighted by Crippen LogP contribution is 2.32. The van der Waals surface area contributed by atoms with Gasteiger partial charge in [0.05, 0.1) is 10.7 Å². The molecule has 0 bridgehead atoms. The molecule has 0 radical (unpaired) electrons. The first-order valence-electron chi connectivity index (χ1n) is 5.47. The minimum atomic E-state index is -0.646. The molecule has 1 N–H and O–H groups in total. The molecule has 0 spiro atoms. The maximum absolute atomic E-state index is 13.5. The van der Waals surface area contributed by atoms with Gasteiger partial charge in [0, 0.05) is 12.1 Å². The van der Waals surface area contributed by atoms with Gasteiger partial charge in [-0.25, -0.2) is 8.78 Å². The van der Waals surface area contributed by atoms with Crippen LogP contribution in [0.2, 0.25) is 5.02 Å². The van der Waals surface area contributed by atoms with E-state index in [-0.39, 0.29) is 16.8 Å². The summed E-state index contributed by atoms with van der Waals surface area (Å²) in [5.74, 6) is -0.614. The molecule has 1 nitrogen and oxygen atoms in total. The van der Waals surface area contributed by atoms with Crippen LogP contribution in [0.1, 0.15) is 26.2 Å². The van der Waals surface area contributed by atoms with Gasteiger partial charge < -0.3 is 5.32 Å². The predicted molar refractivity (Wildman–Crippen MR) is 61.8 cm³/mol. The van der Waals surface area contributed by atoms with Crippen LogP contribution < -0.4 is 5.32 Å². The van der Waals surface area contributed by atoms with Gasteiger partial charge in [0.15, 0.2) is 5.82 Å². The van der Waals surface area contributed by atoms with Gasteiger partial charge >= 0.3 is 0 Å². The molecule has 1 aromatic rings. The van der Waals surface area contributed by atoms with Crippen LogP contribution in [-0.4, -0.2) is 6.04 Å². The summed E-state index contributed by atoms with van der Waals surface area (Å²) in [6.07, 6.45) is 3.15. The van der Waals surface area contributed by atoms with Crippen LogP contribution in [-0.2, 0) is 0 Å². The quantitative estimate of drug-likeness (QED) is 0.823. The Morgan fingerprint density at radius 1 is 1.31 bits per heavy atom. The van der Waals surface area contributed by atoms with E-state index in [0.29, 0.717) is 5.92 Å². The maximum atomic E-state index is 13.5. The minimum Gasteiger partial charge on any atom is -0.379 e. The molecule has 0 amide bonds. The van der Waals surface area contributed by atoms with Crippen molar-refractivity contribution < 1.29 is 8.78 Å². The number of hydrogen-bond donors (Lipinski definition) is 1. The topological polar surface area (TPSA) is 12.0 Å². The lowest BCUT2D eigenvalue weighted by Crippen LogP contribution is -2.16. The highest BCUT2D eigenvalue weighted by Gasteiger charge is 2.23. The van der Waals surface area contributed by atoms with Gasteiger partial charge in [-0.1, -0.05) is 18.5 Å². The summed E-state index contributed by atoms with van der Waals surface area (Å²) >= 11 is 5.81. The second-order valence-electron chi connectivity index (χ2n) is 4.50. The lowest BCUT2D eigenvalue weighted by molar-refractivity contribution is 0.579. The van der Waals surface area contributed by atoms with Gasteiger partial charge in [0.25, 0.3) is 0 Å². The van der Waals surface area contributed by atoms with Crippen LogP contribution >= 0.6 is 11.6 Å². The number of nitrogens with one attached hydrogen (secondary N) is 1. The Balaban J connectivity index is 2.15. The Bertz CT molecular complexity index is 372. The summed E-state index contributed by atoms with van der Waals surface area (Å²) in [5.41, 5.74) is 0.224. The lowest BCUT2D eigenvalue weighted by atomic mass is 10.1. The third kappa shape index (κ3) is 2.46. The van der Waals surface area contributed by atoms with Crippen molar-refractivity contribution in [3.05, 3.63) is 28.8 Å². The maximum Gasteiger partial charge on any atom is 0.150 e. The molecule has 1 saturated carbocycles. The summed E-state index contributed by atoms with van der Waals surface area (Å²) in [7, 11) is 0. The van der Waals surface area contributed by atoms with E-state index in [0.717, 1.165) is 31.4 Å². The number of rotatable bonds is 2. The molecule has 2 atom stereocenters. The zero-order valence-electron chi connectivity index (χ0n) is 9.06. The molecule has 2 rings (SSSR count). The Morgan fingerprint density at radius 2 is 2.06 bits per heavy atom. The molecule has 88 valence electrons. The van der Waals surface area contributed by atoms with Gasteiger partial charge in [0.2, 0.25) is 0 Å². The van der Waals surface area contributed by atoms with E-state index in [1.54, 1.807) is 0 Å². The largest absolute Gasteiger partial charge is 0.379 e. The van der Waals surface area contributed by atoms with Gasteiger partial charge in [-0.05, 0) is 31.2 Å². The normalized spacial score (nSPS) is 24.8. The van der Waals surface area contributed by atoms with E-state index in [4.69, 9.17) is 11.6 Å². The zero-order valence-corrected chi connectivity index (χ0v) is 9.82. The molecule has 0 aromatic heterocycles. The Hall–Kier alpha value is -0.830. The van der Waals surface area contributed by atoms with Crippen LogP contribution in [0, 0.1) is 17.6 Å². The fourth-order valence-corrected chi connectivity index (χ4v) is 2.47. The molecule has 4 heteroatoms. The Labute approximate surface area is 98.8 Å². The summed E-state index contributed by atoms with van der Waals surface area (Å²) < 4.78 is 26.3. The van der Waals surface area contributed by atoms with E-state index < -0.39 is 11.6 Å². The Morgan fingerprint density at radius 3 is 2.62 bits per heavy atom. The molecular formula is C12H14ClF2N. The van der Waals surface area contributed by atoms with Crippen LogP contribution in [0.25, 0.3) is 0 Å². The summed E-state index contributed by atoms with van der Waals surface area (Å²) in [6, 6.07) is 2.23. The van der Waals surface area contributed by atoms with E-state index in [1.165, 1.54) is 0 Å². The van der Waals surface area contributed by atoms with Crippen molar-refractivity contribution in [2.75, 3.05) is 5.32 Å². The minimum absolute atomic E-state index is 0.108. The standard InChI is InChI=1S/C12H14ClF2N/c1-7-2-3-9(4-7)16-12-10(13)5-8(14)6-11(12)15/h5-7,9,16H,2-4H2,1H3. The smallest absolute Gasteiger partial charge is 0.150 e. The van der Waals surface area contributed by atoms with Crippen LogP contribution in [0.3, 0.4) is 0 Å². The summed E-state index contributed by atoms with van der Waals surface area (Å²) in [5, 5.41) is 3.17. The second kappa shape index (κ2) is 4.58. The van der Waals surface area contributed by atoms with Gasteiger partial charge in [-0.3, -0.25) is 0 Å². The van der Waals surface area contributed by atoms with Gasteiger partial charge in [-0.2, -0.15) is 0 Å². The van der Waals surface area contributed by atoms with Crippen LogP contribution in [0.15, 0.2) is 12.1 Å². The first-order chi connectivity index (χ1) is 7.56. The number of halogens is 3. The highest BCUT2D eigenvalue weighted by molar-refractivity contribution is 6.33. The molecular weight excluding hydrogens is 232 g/mol. The van der Waals surface area contributed by atoms with Gasteiger partial charge in [0.1, 0.15) is 5.82 Å². The molecule has 1 fully saturated rings. The highest BCUT2D eigenvalue weighted by atomic mass is 35.5. The summed E-state index contributed by atoms with van der Waals surface area (Å²) in [6.45, 7) is 2.17. The van der Waals surface area contributed by atoms with Crippen molar-refractivity contribution >= 4 is 17.3 Å². The second-order valence-corrected chi connectivity index (χ2v) is 4.91.